The zero-order valence-corrected chi connectivity index (χ0v) is 15.0. The highest BCUT2D eigenvalue weighted by molar-refractivity contribution is 7.14. The first-order chi connectivity index (χ1) is 11.3. The maximum atomic E-state index is 13.1. The van der Waals surface area contributed by atoms with E-state index in [1.807, 2.05) is 13.0 Å². The fourth-order valence-corrected chi connectivity index (χ4v) is 3.55. The third kappa shape index (κ3) is 4.00. The molecule has 0 aliphatic heterocycles. The van der Waals surface area contributed by atoms with Gasteiger partial charge in [-0.2, -0.15) is 0 Å². The Kier molecular flexibility index (Phi) is 5.72. The standard InChI is InChI=1S/C18H21FN2O2S/c1-11(17(22)20-3)10-21(4)18(23)16-9-15(12(2)24-16)13-5-7-14(19)8-6-13/h5-9,11H,10H2,1-4H3,(H,20,22)/t11-/m0/s1. The van der Waals surface area contributed by atoms with E-state index in [0.717, 1.165) is 16.0 Å². The van der Waals surface area contributed by atoms with Crippen molar-refractivity contribution in [2.75, 3.05) is 20.6 Å². The molecule has 0 aliphatic rings. The SMILES string of the molecule is CNC(=O)[C@@H](C)CN(C)C(=O)c1cc(-c2ccc(F)cc2)c(C)s1. The maximum Gasteiger partial charge on any atom is 0.263 e. The normalized spacial score (nSPS) is 11.9. The molecule has 4 nitrogen and oxygen atoms in total. The minimum Gasteiger partial charge on any atom is -0.359 e. The Labute approximate surface area is 145 Å². The van der Waals surface area contributed by atoms with Crippen LogP contribution in [0.1, 0.15) is 21.5 Å². The summed E-state index contributed by atoms with van der Waals surface area (Å²) in [6, 6.07) is 8.05. The van der Waals surface area contributed by atoms with Gasteiger partial charge >= 0.3 is 0 Å². The molecule has 2 amide bonds. The number of hydrogen-bond donors (Lipinski definition) is 1. The summed E-state index contributed by atoms with van der Waals surface area (Å²) in [7, 11) is 3.27. The van der Waals surface area contributed by atoms with Crippen molar-refractivity contribution in [3.63, 3.8) is 0 Å². The minimum absolute atomic E-state index is 0.0935. The van der Waals surface area contributed by atoms with Gasteiger partial charge < -0.3 is 10.2 Å². The van der Waals surface area contributed by atoms with Crippen LogP contribution in [0, 0.1) is 18.7 Å². The molecular formula is C18H21FN2O2S. The first-order valence-electron chi connectivity index (χ1n) is 7.67. The van der Waals surface area contributed by atoms with Crippen molar-refractivity contribution in [2.45, 2.75) is 13.8 Å². The van der Waals surface area contributed by atoms with E-state index in [9.17, 15) is 14.0 Å². The summed E-state index contributed by atoms with van der Waals surface area (Å²) in [5.74, 6) is -0.774. The maximum absolute atomic E-state index is 13.1. The molecular weight excluding hydrogens is 327 g/mol. The van der Waals surface area contributed by atoms with Crippen molar-refractivity contribution in [1.29, 1.82) is 0 Å². The smallest absolute Gasteiger partial charge is 0.263 e. The summed E-state index contributed by atoms with van der Waals surface area (Å²) >= 11 is 1.41. The fraction of sp³-hybridized carbons (Fsp3) is 0.333. The van der Waals surface area contributed by atoms with Gasteiger partial charge in [0.15, 0.2) is 0 Å². The van der Waals surface area contributed by atoms with Gasteiger partial charge in [-0.15, -0.1) is 11.3 Å². The third-order valence-electron chi connectivity index (χ3n) is 3.87. The van der Waals surface area contributed by atoms with E-state index in [4.69, 9.17) is 0 Å². The van der Waals surface area contributed by atoms with Crippen molar-refractivity contribution >= 4 is 23.2 Å². The van der Waals surface area contributed by atoms with Crippen molar-refractivity contribution < 1.29 is 14.0 Å². The van der Waals surface area contributed by atoms with Gasteiger partial charge in [0.25, 0.3) is 5.91 Å². The second-order valence-corrected chi connectivity index (χ2v) is 7.04. The average Bonchev–Trinajstić information content (AvgIpc) is 2.95. The van der Waals surface area contributed by atoms with Gasteiger partial charge in [0.05, 0.1) is 10.8 Å². The molecule has 1 heterocycles. The lowest BCUT2D eigenvalue weighted by Gasteiger charge is -2.20. The Morgan fingerprint density at radius 2 is 1.92 bits per heavy atom. The molecule has 2 aromatic rings. The molecule has 1 aromatic carbocycles. The van der Waals surface area contributed by atoms with Crippen molar-refractivity contribution in [3.05, 3.63) is 45.9 Å². The van der Waals surface area contributed by atoms with Crippen LogP contribution in [0.3, 0.4) is 0 Å². The third-order valence-corrected chi connectivity index (χ3v) is 4.91. The second-order valence-electron chi connectivity index (χ2n) is 5.79. The summed E-state index contributed by atoms with van der Waals surface area (Å²) in [6.45, 7) is 4.07. The van der Waals surface area contributed by atoms with Crippen molar-refractivity contribution in [3.8, 4) is 11.1 Å². The predicted molar refractivity (Wildman–Crippen MR) is 94.6 cm³/mol. The monoisotopic (exact) mass is 348 g/mol. The van der Waals surface area contributed by atoms with Gasteiger partial charge in [0.2, 0.25) is 5.91 Å². The van der Waals surface area contributed by atoms with Gasteiger partial charge in [-0.05, 0) is 36.2 Å². The van der Waals surface area contributed by atoms with Crippen LogP contribution in [0.5, 0.6) is 0 Å². The Morgan fingerprint density at radius 3 is 2.50 bits per heavy atom. The van der Waals surface area contributed by atoms with Crippen LogP contribution in [0.25, 0.3) is 11.1 Å². The quantitative estimate of drug-likeness (QED) is 0.901. The first kappa shape index (κ1) is 18.1. The number of nitrogens with one attached hydrogen (secondary N) is 1. The number of hydrogen-bond acceptors (Lipinski definition) is 3. The fourth-order valence-electron chi connectivity index (χ4n) is 2.51. The highest BCUT2D eigenvalue weighted by Gasteiger charge is 2.21. The van der Waals surface area contributed by atoms with Crippen LogP contribution >= 0.6 is 11.3 Å². The Balaban J connectivity index is 2.17. The lowest BCUT2D eigenvalue weighted by molar-refractivity contribution is -0.124. The lowest BCUT2D eigenvalue weighted by atomic mass is 10.1. The number of nitrogens with zero attached hydrogens (tertiary/aromatic N) is 1. The van der Waals surface area contributed by atoms with Crippen LogP contribution in [0.4, 0.5) is 4.39 Å². The van der Waals surface area contributed by atoms with Crippen LogP contribution in [0.2, 0.25) is 0 Å². The van der Waals surface area contributed by atoms with E-state index in [0.29, 0.717) is 11.4 Å². The van der Waals surface area contributed by atoms with Gasteiger partial charge in [0, 0.05) is 25.5 Å². The largest absolute Gasteiger partial charge is 0.359 e. The number of carbonyl (C=O) groups excluding carboxylic acids is 2. The molecule has 0 saturated heterocycles. The molecule has 1 N–H and O–H groups in total. The van der Waals surface area contributed by atoms with E-state index in [1.54, 1.807) is 38.1 Å². The molecule has 6 heteroatoms. The predicted octanol–water partition coefficient (Wildman–Crippen LogP) is 3.32. The highest BCUT2D eigenvalue weighted by Crippen LogP contribution is 2.31. The van der Waals surface area contributed by atoms with Crippen molar-refractivity contribution in [1.82, 2.24) is 10.2 Å². The molecule has 24 heavy (non-hydrogen) atoms. The topological polar surface area (TPSA) is 49.4 Å². The minimum atomic E-state index is -0.286. The summed E-state index contributed by atoms with van der Waals surface area (Å²) in [4.78, 5) is 27.3. The number of benzene rings is 1. The molecule has 1 aromatic heterocycles. The average molecular weight is 348 g/mol. The molecule has 2 rings (SSSR count). The van der Waals surface area contributed by atoms with Gasteiger partial charge in [-0.3, -0.25) is 9.59 Å². The molecule has 0 radical (unpaired) electrons. The van der Waals surface area contributed by atoms with E-state index in [-0.39, 0.29) is 23.5 Å². The van der Waals surface area contributed by atoms with Crippen LogP contribution in [-0.4, -0.2) is 37.4 Å². The number of aryl methyl sites for hydroxylation is 1. The number of thiophene rings is 1. The Morgan fingerprint density at radius 1 is 1.29 bits per heavy atom. The van der Waals surface area contributed by atoms with Crippen LogP contribution in [-0.2, 0) is 4.79 Å². The number of amides is 2. The summed E-state index contributed by atoms with van der Waals surface area (Å²) in [5.41, 5.74) is 1.81. The van der Waals surface area contributed by atoms with E-state index < -0.39 is 0 Å². The molecule has 128 valence electrons. The molecule has 0 aliphatic carbocycles. The van der Waals surface area contributed by atoms with Crippen molar-refractivity contribution in [2.24, 2.45) is 5.92 Å². The van der Waals surface area contributed by atoms with Gasteiger partial charge in [0.1, 0.15) is 5.82 Å². The first-order valence-corrected chi connectivity index (χ1v) is 8.48. The van der Waals surface area contributed by atoms with Gasteiger partial charge in [-0.25, -0.2) is 4.39 Å². The zero-order chi connectivity index (χ0) is 17.9. The molecule has 1 atom stereocenters. The van der Waals surface area contributed by atoms with E-state index in [2.05, 4.69) is 5.32 Å². The molecule has 0 fully saturated rings. The Bertz CT molecular complexity index is 740. The van der Waals surface area contributed by atoms with Crippen LogP contribution < -0.4 is 5.32 Å². The number of carbonyl (C=O) groups is 2. The molecule has 0 saturated carbocycles. The van der Waals surface area contributed by atoms with Crippen LogP contribution in [0.15, 0.2) is 30.3 Å². The number of rotatable bonds is 5. The second kappa shape index (κ2) is 7.57. The highest BCUT2D eigenvalue weighted by atomic mass is 32.1. The summed E-state index contributed by atoms with van der Waals surface area (Å²) < 4.78 is 13.1. The van der Waals surface area contributed by atoms with Gasteiger partial charge in [-0.1, -0.05) is 19.1 Å². The number of halogens is 1. The lowest BCUT2D eigenvalue weighted by Crippen LogP contribution is -2.37. The van der Waals surface area contributed by atoms with E-state index in [1.165, 1.54) is 23.5 Å². The summed E-state index contributed by atoms with van der Waals surface area (Å²) in [6.07, 6.45) is 0. The zero-order valence-electron chi connectivity index (χ0n) is 14.2. The van der Waals surface area contributed by atoms with E-state index >= 15 is 0 Å². The molecule has 0 unspecified atom stereocenters. The molecule has 0 bridgehead atoms. The summed E-state index contributed by atoms with van der Waals surface area (Å²) in [5, 5.41) is 2.58. The molecule has 0 spiro atoms. The Hall–Kier alpha value is -2.21.